The van der Waals surface area contributed by atoms with Gasteiger partial charge in [-0.15, -0.1) is 11.6 Å². The van der Waals surface area contributed by atoms with Crippen molar-refractivity contribution in [2.24, 2.45) is 5.41 Å². The van der Waals surface area contributed by atoms with Crippen LogP contribution in [0.3, 0.4) is 0 Å². The van der Waals surface area contributed by atoms with E-state index in [0.717, 1.165) is 5.88 Å². The Morgan fingerprint density at radius 3 is 1.95 bits per heavy atom. The first kappa shape index (κ1) is 17.6. The average molecular weight is 295 g/mol. The lowest BCUT2D eigenvalue weighted by Crippen LogP contribution is -2.14. The van der Waals surface area contributed by atoms with Crippen molar-refractivity contribution in [1.82, 2.24) is 0 Å². The number of rotatable bonds is 11. The first-order valence-electron chi connectivity index (χ1n) is 8.24. The average Bonchev–Trinajstić information content (AvgIpc) is 2.42. The maximum atomic E-state index is 5.68. The summed E-state index contributed by atoms with van der Waals surface area (Å²) in [7, 11) is 0. The number of unbranched alkanes of at least 4 members (excludes halogenated alkanes) is 6. The van der Waals surface area contributed by atoms with Gasteiger partial charge in [0.05, 0.1) is 0 Å². The maximum Gasteiger partial charge on any atom is 0.0223 e. The zero-order valence-corrected chi connectivity index (χ0v) is 14.1. The van der Waals surface area contributed by atoms with Crippen LogP contribution < -0.4 is 0 Å². The van der Waals surface area contributed by atoms with Crippen LogP contribution in [-0.2, 0) is 6.42 Å². The summed E-state index contributed by atoms with van der Waals surface area (Å²) in [4.78, 5) is 0. The van der Waals surface area contributed by atoms with Crippen LogP contribution in [0.1, 0.15) is 70.8 Å². The van der Waals surface area contributed by atoms with E-state index in [4.69, 9.17) is 11.6 Å². The molecule has 0 saturated heterocycles. The summed E-state index contributed by atoms with van der Waals surface area (Å²) in [5.74, 6) is 0.827. The van der Waals surface area contributed by atoms with Gasteiger partial charge in [0.25, 0.3) is 0 Å². The zero-order chi connectivity index (χ0) is 14.7. The fourth-order valence-corrected chi connectivity index (χ4v) is 3.01. The molecular weight excluding hydrogens is 264 g/mol. The molecule has 0 bridgehead atoms. The summed E-state index contributed by atoms with van der Waals surface area (Å²) in [5.41, 5.74) is 1.90. The van der Waals surface area contributed by atoms with Crippen molar-refractivity contribution in [2.45, 2.75) is 71.6 Å². The highest BCUT2D eigenvalue weighted by Gasteiger charge is 2.17. The molecule has 0 aromatic heterocycles. The summed E-state index contributed by atoms with van der Waals surface area (Å²) < 4.78 is 0. The highest BCUT2D eigenvalue weighted by Crippen LogP contribution is 2.28. The number of hydrogen-bond acceptors (Lipinski definition) is 0. The lowest BCUT2D eigenvalue weighted by Gasteiger charge is -2.24. The molecule has 0 fully saturated rings. The van der Waals surface area contributed by atoms with Gasteiger partial charge < -0.3 is 0 Å². The first-order chi connectivity index (χ1) is 9.64. The molecule has 1 heteroatoms. The molecule has 0 aliphatic heterocycles. The van der Waals surface area contributed by atoms with Crippen LogP contribution in [0, 0.1) is 5.41 Å². The van der Waals surface area contributed by atoms with Crippen molar-refractivity contribution in [1.29, 1.82) is 0 Å². The third kappa shape index (κ3) is 8.64. The molecule has 1 aromatic rings. The highest BCUT2D eigenvalue weighted by atomic mass is 35.5. The monoisotopic (exact) mass is 294 g/mol. The molecule has 0 nitrogen and oxygen atoms in total. The fraction of sp³-hybridized carbons (Fsp3) is 0.684. The maximum absolute atomic E-state index is 5.68. The molecular formula is C19H31Cl. The highest BCUT2D eigenvalue weighted by molar-refractivity contribution is 6.17. The molecule has 114 valence electrons. The van der Waals surface area contributed by atoms with Crippen LogP contribution in [0.2, 0.25) is 0 Å². The van der Waals surface area contributed by atoms with Crippen molar-refractivity contribution in [3.05, 3.63) is 35.9 Å². The van der Waals surface area contributed by atoms with Crippen molar-refractivity contribution in [3.8, 4) is 0 Å². The topological polar surface area (TPSA) is 0 Å². The Morgan fingerprint density at radius 2 is 1.35 bits per heavy atom. The van der Waals surface area contributed by atoms with E-state index in [1.807, 2.05) is 0 Å². The van der Waals surface area contributed by atoms with Crippen LogP contribution in [-0.4, -0.2) is 5.88 Å². The Kier molecular flexibility index (Phi) is 9.02. The van der Waals surface area contributed by atoms with Gasteiger partial charge in [0.2, 0.25) is 0 Å². The van der Waals surface area contributed by atoms with Gasteiger partial charge in [0.1, 0.15) is 0 Å². The van der Waals surface area contributed by atoms with Crippen LogP contribution in [0.4, 0.5) is 0 Å². The largest absolute Gasteiger partial charge is 0.127 e. The quantitative estimate of drug-likeness (QED) is 0.318. The Balaban J connectivity index is 2.08. The van der Waals surface area contributed by atoms with Crippen molar-refractivity contribution < 1.29 is 0 Å². The van der Waals surface area contributed by atoms with Gasteiger partial charge in [0, 0.05) is 5.88 Å². The molecule has 0 aliphatic carbocycles. The number of hydrogen-bond donors (Lipinski definition) is 0. The second-order valence-electron chi connectivity index (χ2n) is 6.74. The molecule has 0 unspecified atom stereocenters. The molecule has 0 heterocycles. The molecule has 20 heavy (non-hydrogen) atoms. The molecule has 0 N–H and O–H groups in total. The van der Waals surface area contributed by atoms with Crippen LogP contribution in [0.25, 0.3) is 0 Å². The Morgan fingerprint density at radius 1 is 0.800 bits per heavy atom. The van der Waals surface area contributed by atoms with Crippen LogP contribution >= 0.6 is 11.6 Å². The molecule has 0 atom stereocenters. The molecule has 1 rings (SSSR count). The van der Waals surface area contributed by atoms with Gasteiger partial charge in [-0.25, -0.2) is 0 Å². The second-order valence-corrected chi connectivity index (χ2v) is 7.12. The number of halogens is 1. The number of benzene rings is 1. The van der Waals surface area contributed by atoms with E-state index in [0.29, 0.717) is 5.41 Å². The Labute approximate surface area is 130 Å². The second kappa shape index (κ2) is 10.3. The molecule has 0 spiro atoms. The van der Waals surface area contributed by atoms with Crippen molar-refractivity contribution in [3.63, 3.8) is 0 Å². The van der Waals surface area contributed by atoms with E-state index < -0.39 is 0 Å². The lowest BCUT2D eigenvalue weighted by molar-refractivity contribution is 0.316. The summed E-state index contributed by atoms with van der Waals surface area (Å²) in [5, 5.41) is 0. The minimum Gasteiger partial charge on any atom is -0.127 e. The zero-order valence-electron chi connectivity index (χ0n) is 13.3. The van der Waals surface area contributed by atoms with Gasteiger partial charge in [-0.1, -0.05) is 82.7 Å². The Hall–Kier alpha value is -0.490. The van der Waals surface area contributed by atoms with E-state index >= 15 is 0 Å². The van der Waals surface area contributed by atoms with Gasteiger partial charge in [-0.3, -0.25) is 0 Å². The summed E-state index contributed by atoms with van der Waals surface area (Å²) in [6, 6.07) is 10.9. The first-order valence-corrected chi connectivity index (χ1v) is 8.77. The minimum absolute atomic E-state index is 0.431. The van der Waals surface area contributed by atoms with Crippen LogP contribution in [0.15, 0.2) is 30.3 Å². The fourth-order valence-electron chi connectivity index (χ4n) is 2.82. The van der Waals surface area contributed by atoms with Gasteiger partial charge in [0.15, 0.2) is 0 Å². The standard InChI is InChI=1S/C19H31Cl/c1-19(2,17-18-13-9-8-10-14-18)15-11-6-4-3-5-7-12-16-20/h8-10,13-14H,3-7,11-12,15-17H2,1-2H3. The molecule has 0 radical (unpaired) electrons. The van der Waals surface area contributed by atoms with Gasteiger partial charge in [-0.2, -0.15) is 0 Å². The van der Waals surface area contributed by atoms with Crippen molar-refractivity contribution in [2.75, 3.05) is 5.88 Å². The van der Waals surface area contributed by atoms with Gasteiger partial charge in [-0.05, 0) is 30.2 Å². The minimum atomic E-state index is 0.431. The van der Waals surface area contributed by atoms with Crippen molar-refractivity contribution >= 4 is 11.6 Å². The SMILES string of the molecule is CC(C)(CCCCCCCCCCl)Cc1ccccc1. The predicted molar refractivity (Wildman–Crippen MR) is 91.6 cm³/mol. The lowest BCUT2D eigenvalue weighted by atomic mass is 9.81. The molecule has 1 aromatic carbocycles. The summed E-state index contributed by atoms with van der Waals surface area (Å²) in [6.45, 7) is 4.81. The van der Waals surface area contributed by atoms with Gasteiger partial charge >= 0.3 is 0 Å². The smallest absolute Gasteiger partial charge is 0.0223 e. The Bertz CT molecular complexity index is 329. The van der Waals surface area contributed by atoms with E-state index in [-0.39, 0.29) is 0 Å². The predicted octanol–water partition coefficient (Wildman–Crippen LogP) is 6.61. The van der Waals surface area contributed by atoms with E-state index in [1.54, 1.807) is 0 Å². The molecule has 0 amide bonds. The third-order valence-corrected chi connectivity index (χ3v) is 4.28. The van der Waals surface area contributed by atoms with Crippen LogP contribution in [0.5, 0.6) is 0 Å². The van der Waals surface area contributed by atoms with E-state index in [2.05, 4.69) is 44.2 Å². The molecule has 0 aliphatic rings. The van der Waals surface area contributed by atoms with E-state index in [1.165, 1.54) is 63.4 Å². The van der Waals surface area contributed by atoms with E-state index in [9.17, 15) is 0 Å². The normalized spacial score (nSPS) is 11.8. The molecule has 0 saturated carbocycles. The summed E-state index contributed by atoms with van der Waals surface area (Å²) in [6.07, 6.45) is 11.9. The third-order valence-electron chi connectivity index (χ3n) is 4.01. The number of alkyl halides is 1. The summed E-state index contributed by atoms with van der Waals surface area (Å²) >= 11 is 5.68.